The minimum absolute atomic E-state index is 0.0444. The first-order chi connectivity index (χ1) is 18.0. The van der Waals surface area contributed by atoms with Crippen LogP contribution in [0.1, 0.15) is 30.1 Å². The lowest BCUT2D eigenvalue weighted by molar-refractivity contribution is -0.131. The number of carbonyl (C=O) groups is 2. The van der Waals surface area contributed by atoms with Crippen LogP contribution in [0.2, 0.25) is 5.02 Å². The Hall–Kier alpha value is -3.65. The summed E-state index contributed by atoms with van der Waals surface area (Å²) < 4.78 is 5.30. The van der Waals surface area contributed by atoms with Gasteiger partial charge in [0.15, 0.2) is 5.82 Å². The fourth-order valence-electron chi connectivity index (χ4n) is 4.39. The van der Waals surface area contributed by atoms with Gasteiger partial charge in [0, 0.05) is 48.9 Å². The molecule has 0 atom stereocenters. The monoisotopic (exact) mass is 521 g/mol. The second-order valence-corrected chi connectivity index (χ2v) is 9.40. The van der Waals surface area contributed by atoms with Gasteiger partial charge in [0.25, 0.3) is 5.91 Å². The van der Waals surface area contributed by atoms with Crippen molar-refractivity contribution in [1.82, 2.24) is 20.0 Å². The van der Waals surface area contributed by atoms with E-state index in [1.807, 2.05) is 48.2 Å². The van der Waals surface area contributed by atoms with Crippen LogP contribution in [-0.4, -0.2) is 78.2 Å². The van der Waals surface area contributed by atoms with E-state index in [9.17, 15) is 9.59 Å². The lowest BCUT2D eigenvalue weighted by atomic mass is 10.1. The van der Waals surface area contributed by atoms with Crippen molar-refractivity contribution in [2.24, 2.45) is 0 Å². The number of ether oxygens (including phenoxy) is 1. The Bertz CT molecular complexity index is 1200. The SMILES string of the molecule is CCCN(CC(=O)N1CCCN(c2ccc(-c3cccc(OC)c3)nn2)CC1)C(=O)c1ccc(Cl)cc1. The third kappa shape index (κ3) is 6.77. The average molecular weight is 522 g/mol. The number of anilines is 1. The summed E-state index contributed by atoms with van der Waals surface area (Å²) in [6.07, 6.45) is 1.58. The molecule has 1 saturated heterocycles. The Morgan fingerprint density at radius 1 is 1.00 bits per heavy atom. The van der Waals surface area contributed by atoms with Crippen molar-refractivity contribution in [3.05, 3.63) is 71.2 Å². The number of hydrogen-bond donors (Lipinski definition) is 0. The third-order valence-electron chi connectivity index (χ3n) is 6.39. The largest absolute Gasteiger partial charge is 0.497 e. The van der Waals surface area contributed by atoms with Gasteiger partial charge in [-0.1, -0.05) is 30.7 Å². The highest BCUT2D eigenvalue weighted by Crippen LogP contribution is 2.23. The van der Waals surface area contributed by atoms with Crippen molar-refractivity contribution in [2.75, 3.05) is 51.3 Å². The summed E-state index contributed by atoms with van der Waals surface area (Å²) in [6.45, 7) is 5.20. The molecule has 1 fully saturated rings. The van der Waals surface area contributed by atoms with E-state index in [1.54, 1.807) is 36.3 Å². The van der Waals surface area contributed by atoms with Crippen molar-refractivity contribution < 1.29 is 14.3 Å². The van der Waals surface area contributed by atoms with Crippen LogP contribution in [0, 0.1) is 0 Å². The van der Waals surface area contributed by atoms with E-state index in [1.165, 1.54) is 0 Å². The van der Waals surface area contributed by atoms with Crippen LogP contribution in [0.5, 0.6) is 5.75 Å². The molecular weight excluding hydrogens is 490 g/mol. The highest BCUT2D eigenvalue weighted by Gasteiger charge is 2.24. The highest BCUT2D eigenvalue weighted by atomic mass is 35.5. The predicted molar refractivity (Wildman–Crippen MR) is 145 cm³/mol. The van der Waals surface area contributed by atoms with Crippen molar-refractivity contribution in [2.45, 2.75) is 19.8 Å². The quantitative estimate of drug-likeness (QED) is 0.437. The minimum Gasteiger partial charge on any atom is -0.497 e. The van der Waals surface area contributed by atoms with E-state index < -0.39 is 0 Å². The Labute approximate surface area is 222 Å². The van der Waals surface area contributed by atoms with Crippen LogP contribution >= 0.6 is 11.6 Å². The smallest absolute Gasteiger partial charge is 0.254 e. The molecule has 194 valence electrons. The van der Waals surface area contributed by atoms with Crippen molar-refractivity contribution >= 4 is 29.2 Å². The predicted octanol–water partition coefficient (Wildman–Crippen LogP) is 4.40. The molecule has 0 aliphatic carbocycles. The van der Waals surface area contributed by atoms with Crippen LogP contribution in [0.25, 0.3) is 11.3 Å². The van der Waals surface area contributed by atoms with Crippen LogP contribution in [-0.2, 0) is 4.79 Å². The molecule has 0 bridgehead atoms. The molecule has 0 unspecified atom stereocenters. The second-order valence-electron chi connectivity index (χ2n) is 8.96. The highest BCUT2D eigenvalue weighted by molar-refractivity contribution is 6.30. The Morgan fingerprint density at radius 3 is 2.51 bits per heavy atom. The van der Waals surface area contributed by atoms with E-state index >= 15 is 0 Å². The molecule has 4 rings (SSSR count). The van der Waals surface area contributed by atoms with E-state index in [0.29, 0.717) is 36.8 Å². The average Bonchev–Trinajstić information content (AvgIpc) is 3.19. The van der Waals surface area contributed by atoms with Gasteiger partial charge >= 0.3 is 0 Å². The maximum absolute atomic E-state index is 13.2. The van der Waals surface area contributed by atoms with Crippen LogP contribution < -0.4 is 9.64 Å². The molecular formula is C28H32ClN5O3. The molecule has 1 aromatic heterocycles. The van der Waals surface area contributed by atoms with Gasteiger partial charge in [-0.15, -0.1) is 10.2 Å². The number of hydrogen-bond acceptors (Lipinski definition) is 6. The molecule has 0 spiro atoms. The zero-order chi connectivity index (χ0) is 26.2. The molecule has 0 N–H and O–H groups in total. The Balaban J connectivity index is 1.37. The number of halogens is 1. The molecule has 0 saturated carbocycles. The molecule has 3 aromatic rings. The third-order valence-corrected chi connectivity index (χ3v) is 6.64. The van der Waals surface area contributed by atoms with Crippen molar-refractivity contribution in [3.63, 3.8) is 0 Å². The zero-order valence-electron chi connectivity index (χ0n) is 21.3. The topological polar surface area (TPSA) is 78.9 Å². The van der Waals surface area contributed by atoms with Crippen LogP contribution in [0.15, 0.2) is 60.7 Å². The van der Waals surface area contributed by atoms with Gasteiger partial charge < -0.3 is 19.4 Å². The molecule has 1 aliphatic heterocycles. The van der Waals surface area contributed by atoms with Gasteiger partial charge in [-0.25, -0.2) is 0 Å². The number of amides is 2. The number of aromatic nitrogens is 2. The summed E-state index contributed by atoms with van der Waals surface area (Å²) in [7, 11) is 1.64. The number of methoxy groups -OCH3 is 1. The molecule has 2 heterocycles. The van der Waals surface area contributed by atoms with Crippen LogP contribution in [0.4, 0.5) is 5.82 Å². The molecule has 1 aliphatic rings. The van der Waals surface area contributed by atoms with Gasteiger partial charge in [0.1, 0.15) is 12.3 Å². The Kier molecular flexibility index (Phi) is 8.95. The van der Waals surface area contributed by atoms with Gasteiger partial charge in [-0.05, 0) is 61.4 Å². The summed E-state index contributed by atoms with van der Waals surface area (Å²) in [6, 6.07) is 18.4. The molecule has 8 nitrogen and oxygen atoms in total. The molecule has 2 aromatic carbocycles. The molecule has 37 heavy (non-hydrogen) atoms. The fraction of sp³-hybridized carbons (Fsp3) is 0.357. The summed E-state index contributed by atoms with van der Waals surface area (Å²) in [4.78, 5) is 31.8. The van der Waals surface area contributed by atoms with E-state index in [-0.39, 0.29) is 18.4 Å². The summed E-state index contributed by atoms with van der Waals surface area (Å²) in [5.41, 5.74) is 2.25. The lowest BCUT2D eigenvalue weighted by Crippen LogP contribution is -2.44. The first-order valence-electron chi connectivity index (χ1n) is 12.5. The van der Waals surface area contributed by atoms with Crippen molar-refractivity contribution in [1.29, 1.82) is 0 Å². The number of rotatable bonds is 8. The number of benzene rings is 2. The maximum Gasteiger partial charge on any atom is 0.254 e. The zero-order valence-corrected chi connectivity index (χ0v) is 22.0. The van der Waals surface area contributed by atoms with Crippen LogP contribution in [0.3, 0.4) is 0 Å². The molecule has 2 amide bonds. The first kappa shape index (κ1) is 26.4. The van der Waals surface area contributed by atoms with E-state index in [0.717, 1.165) is 42.2 Å². The fourth-order valence-corrected chi connectivity index (χ4v) is 4.51. The Morgan fingerprint density at radius 2 is 1.81 bits per heavy atom. The van der Waals surface area contributed by atoms with Crippen molar-refractivity contribution in [3.8, 4) is 17.0 Å². The van der Waals surface area contributed by atoms with Gasteiger partial charge in [0.05, 0.1) is 12.8 Å². The van der Waals surface area contributed by atoms with Gasteiger partial charge in [-0.2, -0.15) is 0 Å². The summed E-state index contributed by atoms with van der Waals surface area (Å²) in [5.74, 6) is 1.35. The maximum atomic E-state index is 13.2. The first-order valence-corrected chi connectivity index (χ1v) is 12.9. The summed E-state index contributed by atoms with van der Waals surface area (Å²) in [5, 5.41) is 9.44. The molecule has 9 heteroatoms. The summed E-state index contributed by atoms with van der Waals surface area (Å²) >= 11 is 5.96. The normalized spacial score (nSPS) is 13.7. The van der Waals surface area contributed by atoms with Gasteiger partial charge in [0.2, 0.25) is 5.91 Å². The standard InChI is InChI=1S/C28H32ClN5O3/c1-3-14-34(28(36)21-8-10-23(29)11-9-21)20-27(35)33-16-5-15-32(17-18-33)26-13-12-25(30-31-26)22-6-4-7-24(19-22)37-2/h4,6-13,19H,3,5,14-18,20H2,1-2H3. The minimum atomic E-state index is -0.158. The lowest BCUT2D eigenvalue weighted by Gasteiger charge is -2.27. The van der Waals surface area contributed by atoms with E-state index in [2.05, 4.69) is 15.1 Å². The number of nitrogens with zero attached hydrogens (tertiary/aromatic N) is 5. The second kappa shape index (κ2) is 12.5. The van der Waals surface area contributed by atoms with Gasteiger partial charge in [-0.3, -0.25) is 9.59 Å². The number of carbonyl (C=O) groups excluding carboxylic acids is 2. The van der Waals surface area contributed by atoms with E-state index in [4.69, 9.17) is 16.3 Å². The molecule has 0 radical (unpaired) electrons.